The number of hydrogen-bond donors (Lipinski definition) is 0. The van der Waals surface area contributed by atoms with Crippen LogP contribution in [-0.4, -0.2) is 17.0 Å². The van der Waals surface area contributed by atoms with Gasteiger partial charge in [0.25, 0.3) is 0 Å². The molecule has 3 fully saturated rings. The average molecular weight is 166 g/mol. The van der Waals surface area contributed by atoms with Crippen molar-refractivity contribution in [1.29, 1.82) is 0 Å². The summed E-state index contributed by atoms with van der Waals surface area (Å²) < 4.78 is 5.78. The summed E-state index contributed by atoms with van der Waals surface area (Å²) in [4.78, 5) is 11.6. The number of Topliss-reactive ketones (excluding diaryl/α,β-unsaturated/α-hetero) is 1. The van der Waals surface area contributed by atoms with Crippen molar-refractivity contribution < 1.29 is 9.53 Å². The van der Waals surface area contributed by atoms with Crippen LogP contribution in [0.3, 0.4) is 0 Å². The van der Waals surface area contributed by atoms with Crippen molar-refractivity contribution in [2.24, 2.45) is 0 Å². The zero-order valence-electron chi connectivity index (χ0n) is 7.27. The van der Waals surface area contributed by atoms with Gasteiger partial charge in [-0.15, -0.1) is 0 Å². The molecule has 0 amide bonds. The number of ketones is 1. The summed E-state index contributed by atoms with van der Waals surface area (Å²) in [5.41, 5.74) is -0.218. The van der Waals surface area contributed by atoms with Gasteiger partial charge in [-0.05, 0) is 25.7 Å². The summed E-state index contributed by atoms with van der Waals surface area (Å²) in [7, 11) is 0. The second-order valence-corrected chi connectivity index (χ2v) is 4.41. The van der Waals surface area contributed by atoms with Gasteiger partial charge in [-0.3, -0.25) is 4.79 Å². The number of ether oxygens (including phenoxy) is 1. The molecule has 2 aliphatic carbocycles. The van der Waals surface area contributed by atoms with E-state index in [9.17, 15) is 4.79 Å². The SMILES string of the molecule is O=C1CCCC12OC21CCCC1. The summed E-state index contributed by atoms with van der Waals surface area (Å²) in [5, 5.41) is 0. The van der Waals surface area contributed by atoms with Crippen LogP contribution < -0.4 is 0 Å². The zero-order valence-corrected chi connectivity index (χ0v) is 7.27. The zero-order chi connectivity index (χ0) is 8.23. The Balaban J connectivity index is 1.91. The maximum atomic E-state index is 11.6. The monoisotopic (exact) mass is 166 g/mol. The Bertz CT molecular complexity index is 240. The molecular weight excluding hydrogens is 152 g/mol. The highest BCUT2D eigenvalue weighted by atomic mass is 16.6. The molecule has 3 aliphatic rings. The Morgan fingerprint density at radius 1 is 1.08 bits per heavy atom. The van der Waals surface area contributed by atoms with Crippen LogP contribution in [0.5, 0.6) is 0 Å². The molecule has 1 atom stereocenters. The largest absolute Gasteiger partial charge is 0.354 e. The number of epoxide rings is 1. The van der Waals surface area contributed by atoms with Gasteiger partial charge in [-0.25, -0.2) is 0 Å². The summed E-state index contributed by atoms with van der Waals surface area (Å²) in [5.74, 6) is 0.393. The Kier molecular flexibility index (Phi) is 1.13. The first-order valence-corrected chi connectivity index (χ1v) is 5.03. The fourth-order valence-electron chi connectivity index (χ4n) is 3.19. The van der Waals surface area contributed by atoms with Crippen LogP contribution in [0.25, 0.3) is 0 Å². The van der Waals surface area contributed by atoms with Crippen molar-refractivity contribution in [2.45, 2.75) is 56.1 Å². The van der Waals surface area contributed by atoms with E-state index in [-0.39, 0.29) is 11.2 Å². The highest BCUT2D eigenvalue weighted by Gasteiger charge is 2.74. The van der Waals surface area contributed by atoms with E-state index in [0.717, 1.165) is 32.1 Å². The molecule has 2 heteroatoms. The van der Waals surface area contributed by atoms with Crippen LogP contribution in [0, 0.1) is 0 Å². The van der Waals surface area contributed by atoms with Crippen LogP contribution in [0.15, 0.2) is 0 Å². The Labute approximate surface area is 72.3 Å². The van der Waals surface area contributed by atoms with Crippen LogP contribution in [-0.2, 0) is 9.53 Å². The maximum Gasteiger partial charge on any atom is 0.167 e. The summed E-state index contributed by atoms with van der Waals surface area (Å²) in [6.07, 6.45) is 7.62. The highest BCUT2D eigenvalue weighted by Crippen LogP contribution is 2.63. The Morgan fingerprint density at radius 2 is 1.83 bits per heavy atom. The van der Waals surface area contributed by atoms with Gasteiger partial charge in [0.2, 0.25) is 0 Å². The minimum atomic E-state index is -0.260. The molecular formula is C10H14O2. The van der Waals surface area contributed by atoms with Crippen LogP contribution >= 0.6 is 0 Å². The maximum absolute atomic E-state index is 11.6. The van der Waals surface area contributed by atoms with E-state index < -0.39 is 0 Å². The molecule has 1 heterocycles. The Hall–Kier alpha value is -0.370. The molecule has 2 nitrogen and oxygen atoms in total. The van der Waals surface area contributed by atoms with Crippen LogP contribution in [0.4, 0.5) is 0 Å². The summed E-state index contributed by atoms with van der Waals surface area (Å²) >= 11 is 0. The molecule has 2 spiro atoms. The molecule has 0 N–H and O–H groups in total. The molecule has 1 saturated heterocycles. The van der Waals surface area contributed by atoms with Crippen molar-refractivity contribution in [3.05, 3.63) is 0 Å². The molecule has 0 aromatic heterocycles. The number of fused-ring (bicyclic) bond motifs is 1. The molecule has 1 aliphatic heterocycles. The second-order valence-electron chi connectivity index (χ2n) is 4.41. The van der Waals surface area contributed by atoms with Crippen molar-refractivity contribution in [2.75, 3.05) is 0 Å². The lowest BCUT2D eigenvalue weighted by molar-refractivity contribution is -0.121. The molecule has 1 unspecified atom stereocenters. The third-order valence-corrected chi connectivity index (χ3v) is 3.86. The number of carbonyl (C=O) groups is 1. The van der Waals surface area contributed by atoms with E-state index in [1.54, 1.807) is 0 Å². The van der Waals surface area contributed by atoms with E-state index in [4.69, 9.17) is 4.74 Å². The predicted molar refractivity (Wildman–Crippen MR) is 43.9 cm³/mol. The summed E-state index contributed by atoms with van der Waals surface area (Å²) in [6.45, 7) is 0. The average Bonchev–Trinajstić information content (AvgIpc) is 2.44. The number of rotatable bonds is 0. The second kappa shape index (κ2) is 1.92. The predicted octanol–water partition coefficient (Wildman–Crippen LogP) is 1.82. The number of carbonyl (C=O) groups excluding carboxylic acids is 1. The van der Waals surface area contributed by atoms with Crippen molar-refractivity contribution >= 4 is 5.78 Å². The number of hydrogen-bond acceptors (Lipinski definition) is 2. The van der Waals surface area contributed by atoms with Gasteiger partial charge in [-0.1, -0.05) is 12.8 Å². The third-order valence-electron chi connectivity index (χ3n) is 3.86. The van der Waals surface area contributed by atoms with E-state index >= 15 is 0 Å². The lowest BCUT2D eigenvalue weighted by atomic mass is 9.89. The van der Waals surface area contributed by atoms with Crippen molar-refractivity contribution in [3.63, 3.8) is 0 Å². The lowest BCUT2D eigenvalue weighted by Crippen LogP contribution is -2.27. The molecule has 0 bridgehead atoms. The van der Waals surface area contributed by atoms with Gasteiger partial charge in [-0.2, -0.15) is 0 Å². The van der Waals surface area contributed by atoms with E-state index in [1.807, 2.05) is 0 Å². The minimum Gasteiger partial charge on any atom is -0.354 e. The van der Waals surface area contributed by atoms with E-state index in [1.165, 1.54) is 12.8 Å². The van der Waals surface area contributed by atoms with Crippen molar-refractivity contribution in [3.8, 4) is 0 Å². The van der Waals surface area contributed by atoms with Gasteiger partial charge in [0.15, 0.2) is 11.4 Å². The highest BCUT2D eigenvalue weighted by molar-refractivity contribution is 5.93. The smallest absolute Gasteiger partial charge is 0.167 e. The first kappa shape index (κ1) is 7.07. The third kappa shape index (κ3) is 0.598. The quantitative estimate of drug-likeness (QED) is 0.514. The molecule has 12 heavy (non-hydrogen) atoms. The molecule has 0 aromatic rings. The Morgan fingerprint density at radius 3 is 2.42 bits per heavy atom. The first-order valence-electron chi connectivity index (χ1n) is 5.03. The van der Waals surface area contributed by atoms with Crippen LogP contribution in [0.1, 0.15) is 44.9 Å². The standard InChI is InChI=1S/C10H14O2/c11-8-4-3-7-10(8)9(12-10)5-1-2-6-9/h1-7H2. The first-order chi connectivity index (χ1) is 5.79. The molecule has 0 radical (unpaired) electrons. The molecule has 3 rings (SSSR count). The van der Waals surface area contributed by atoms with Crippen molar-refractivity contribution in [1.82, 2.24) is 0 Å². The van der Waals surface area contributed by atoms with Gasteiger partial charge < -0.3 is 4.74 Å². The molecule has 0 aromatic carbocycles. The van der Waals surface area contributed by atoms with E-state index in [0.29, 0.717) is 5.78 Å². The van der Waals surface area contributed by atoms with Gasteiger partial charge in [0.1, 0.15) is 5.60 Å². The molecule has 2 saturated carbocycles. The fourth-order valence-corrected chi connectivity index (χ4v) is 3.19. The normalized spacial score (nSPS) is 43.2. The van der Waals surface area contributed by atoms with Gasteiger partial charge >= 0.3 is 0 Å². The lowest BCUT2D eigenvalue weighted by Gasteiger charge is -2.06. The summed E-state index contributed by atoms with van der Waals surface area (Å²) in [6, 6.07) is 0. The van der Waals surface area contributed by atoms with Gasteiger partial charge in [0, 0.05) is 6.42 Å². The minimum absolute atomic E-state index is 0.0422. The topological polar surface area (TPSA) is 29.6 Å². The molecule has 66 valence electrons. The van der Waals surface area contributed by atoms with Gasteiger partial charge in [0.05, 0.1) is 0 Å². The fraction of sp³-hybridized carbons (Fsp3) is 0.900. The van der Waals surface area contributed by atoms with Crippen LogP contribution in [0.2, 0.25) is 0 Å². The van der Waals surface area contributed by atoms with E-state index in [2.05, 4.69) is 0 Å².